The predicted molar refractivity (Wildman–Crippen MR) is 472 cm³/mol. The van der Waals surface area contributed by atoms with Crippen LogP contribution in [0.5, 0.6) is 0 Å². The quantitative estimate of drug-likeness (QED) is 0.0169. The third kappa shape index (κ3) is 82.8. The van der Waals surface area contributed by atoms with E-state index in [-0.39, 0.29) is 25.7 Å². The molecule has 17 nitrogen and oxygen atoms in total. The van der Waals surface area contributed by atoms with Gasteiger partial charge in [-0.1, -0.05) is 303 Å². The van der Waals surface area contributed by atoms with Crippen LogP contribution in [0, 0.1) is 0 Å². The van der Waals surface area contributed by atoms with Crippen LogP contribution in [-0.4, -0.2) is 96.7 Å². The lowest BCUT2D eigenvalue weighted by molar-refractivity contribution is -0.161. The van der Waals surface area contributed by atoms with E-state index in [4.69, 9.17) is 37.0 Å². The molecule has 0 saturated carbocycles. The van der Waals surface area contributed by atoms with E-state index in [2.05, 4.69) is 222 Å². The molecule has 0 fully saturated rings. The molecule has 2 unspecified atom stereocenters. The third-order valence-electron chi connectivity index (χ3n) is 16.3. The fourth-order valence-electron chi connectivity index (χ4n) is 9.95. The Morgan fingerprint density at radius 2 is 0.482 bits per heavy atom. The number of unbranched alkanes of at least 4 members (excludes halogenated alkanes) is 10. The van der Waals surface area contributed by atoms with Crippen molar-refractivity contribution in [3.05, 3.63) is 243 Å². The average Bonchev–Trinajstić information content (AvgIpc) is 0.904. The fourth-order valence-corrected chi connectivity index (χ4v) is 11.5. The van der Waals surface area contributed by atoms with Crippen LogP contribution in [-0.2, 0) is 65.4 Å². The monoisotopic (exact) mass is 1620 g/mol. The van der Waals surface area contributed by atoms with E-state index in [0.717, 1.165) is 135 Å². The summed E-state index contributed by atoms with van der Waals surface area (Å²) in [5, 5.41) is 10.7. The Balaban J connectivity index is 5.65. The maximum absolute atomic E-state index is 13.1. The van der Waals surface area contributed by atoms with Crippen LogP contribution in [0.15, 0.2) is 243 Å². The summed E-state index contributed by atoms with van der Waals surface area (Å²) in [6.45, 7) is 4.28. The van der Waals surface area contributed by atoms with Crippen molar-refractivity contribution >= 4 is 39.5 Å². The molecule has 3 N–H and O–H groups in total. The molecule has 0 saturated heterocycles. The zero-order chi connectivity index (χ0) is 83.1. The summed E-state index contributed by atoms with van der Waals surface area (Å²) in [6, 6.07) is 0. The number of allylic oxidation sites excluding steroid dienone is 40. The molecule has 114 heavy (non-hydrogen) atoms. The zero-order valence-corrected chi connectivity index (χ0v) is 71.7. The van der Waals surface area contributed by atoms with Crippen LogP contribution in [0.1, 0.15) is 272 Å². The van der Waals surface area contributed by atoms with Crippen molar-refractivity contribution in [3.63, 3.8) is 0 Å². The van der Waals surface area contributed by atoms with Gasteiger partial charge >= 0.3 is 39.5 Å². The molecule has 5 atom stereocenters. The standard InChI is InChI=1S/C95H146O17P2/c1-5-9-13-17-21-25-29-33-37-41-44-48-52-56-60-64-68-72-76-80-93(98)106-86-91(112-95(100)82-78-74-70-66-62-58-54-50-46-43-39-35-31-27-23-19-15-11-7-3)88-110-114(103,104)108-84-89(96)83-107-113(101,102)109-87-90(85-105-92(97)79-75-71-67-63-59-55-51-47-40-36-32-28-24-20-16-12-8-4)111-94(99)81-77-73-69-65-61-57-53-49-45-42-38-34-30-26-22-18-14-10-6-2/h9-10,13-14,21-28,33-40,44-46,48-51,55-58,60-63,67,69-70,73-74,89-91,96H,5-8,11-12,15-20,29-32,41-43,47,52-54,59,64-66,68,71-72,75-88H2,1-4H3,(H,101,102)(H,103,104)/b13-9-,14-10-,25-21-,26-22-,27-23-,28-24-,37-33-,38-34-,39-35-,40-36-,48-44-,49-45-,50-46-,55-51-,60-56-,61-57-,62-58-,67-63-,73-69-,74-70-/t89-,90+,91+/m0/s1. The average molecular weight is 1620 g/mol. The first-order chi connectivity index (χ1) is 55.7. The van der Waals surface area contributed by atoms with Crippen molar-refractivity contribution < 1.29 is 80.2 Å². The van der Waals surface area contributed by atoms with E-state index in [1.807, 2.05) is 48.6 Å². The van der Waals surface area contributed by atoms with Crippen LogP contribution < -0.4 is 0 Å². The SMILES string of the molecule is CC/C=C\C/C=C\C/C=C\C/C=C\C/C=C\C/C=C\CCC(=O)O[C@H](COC(=O)CCC/C=C\C/C=C\C/C=C\C/C=C\CCCCC)COP(=O)(O)OC[C@H](O)COP(=O)(O)OC[C@@H](COC(=O)CCCCC/C=C\C/C=C\C/C=C\C/C=C\C/C=C\CC)OC(=O)CC/C=C\C/C=C\C/C=C\C/C=C\C/C=C\CCCCC. The van der Waals surface area contributed by atoms with E-state index < -0.39 is 97.5 Å². The highest BCUT2D eigenvalue weighted by Crippen LogP contribution is 2.45. The van der Waals surface area contributed by atoms with Gasteiger partial charge in [-0.05, 0) is 186 Å². The van der Waals surface area contributed by atoms with Gasteiger partial charge < -0.3 is 33.8 Å². The van der Waals surface area contributed by atoms with Crippen LogP contribution in [0.25, 0.3) is 0 Å². The first-order valence-corrected chi connectivity index (χ1v) is 45.3. The van der Waals surface area contributed by atoms with E-state index >= 15 is 0 Å². The maximum Gasteiger partial charge on any atom is 0.472 e. The molecule has 0 radical (unpaired) electrons. The maximum atomic E-state index is 13.1. The van der Waals surface area contributed by atoms with Gasteiger partial charge in [-0.15, -0.1) is 0 Å². The smallest absolute Gasteiger partial charge is 0.462 e. The second-order valence-electron chi connectivity index (χ2n) is 26.9. The van der Waals surface area contributed by atoms with Crippen molar-refractivity contribution in [1.82, 2.24) is 0 Å². The van der Waals surface area contributed by atoms with Gasteiger partial charge in [0.25, 0.3) is 0 Å². The number of hydrogen-bond acceptors (Lipinski definition) is 15. The summed E-state index contributed by atoms with van der Waals surface area (Å²) in [7, 11) is -10.1. The molecular formula is C95H146O17P2. The first-order valence-electron chi connectivity index (χ1n) is 42.3. The number of esters is 4. The van der Waals surface area contributed by atoms with Gasteiger partial charge in [0.05, 0.1) is 26.4 Å². The topological polar surface area (TPSA) is 237 Å². The number of carbonyl (C=O) groups excluding carboxylic acids is 4. The Morgan fingerprint density at radius 3 is 0.754 bits per heavy atom. The Bertz CT molecular complexity index is 3120. The summed E-state index contributed by atoms with van der Waals surface area (Å²) >= 11 is 0. The first kappa shape index (κ1) is 107. The largest absolute Gasteiger partial charge is 0.472 e. The number of aliphatic hydroxyl groups excluding tert-OH is 1. The summed E-state index contributed by atoms with van der Waals surface area (Å²) < 4.78 is 68.5. The zero-order valence-electron chi connectivity index (χ0n) is 69.9. The molecule has 638 valence electrons. The number of phosphoric acid groups is 2. The van der Waals surface area contributed by atoms with Crippen molar-refractivity contribution in [2.24, 2.45) is 0 Å². The highest BCUT2D eigenvalue weighted by atomic mass is 31.2. The summed E-state index contributed by atoms with van der Waals surface area (Å²) in [5.41, 5.74) is 0. The van der Waals surface area contributed by atoms with Crippen molar-refractivity contribution in [2.45, 2.75) is 290 Å². The number of ether oxygens (including phenoxy) is 4. The highest BCUT2D eigenvalue weighted by Gasteiger charge is 2.30. The molecule has 0 aliphatic rings. The van der Waals surface area contributed by atoms with E-state index in [9.17, 15) is 43.2 Å². The van der Waals surface area contributed by atoms with Gasteiger partial charge in [-0.2, -0.15) is 0 Å². The fraction of sp³-hybridized carbons (Fsp3) is 0.537. The van der Waals surface area contributed by atoms with Crippen LogP contribution in [0.3, 0.4) is 0 Å². The third-order valence-corrected chi connectivity index (χ3v) is 18.2. The lowest BCUT2D eigenvalue weighted by atomic mass is 10.1. The van der Waals surface area contributed by atoms with Crippen LogP contribution >= 0.6 is 15.6 Å². The lowest BCUT2D eigenvalue weighted by Crippen LogP contribution is -2.30. The minimum absolute atomic E-state index is 0.0510. The summed E-state index contributed by atoms with van der Waals surface area (Å²) in [5.74, 6) is -2.51. The van der Waals surface area contributed by atoms with Crippen LogP contribution in [0.2, 0.25) is 0 Å². The van der Waals surface area contributed by atoms with Gasteiger partial charge in [0.1, 0.15) is 19.3 Å². The molecule has 0 amide bonds. The molecule has 0 spiro atoms. The molecule has 0 aromatic carbocycles. The summed E-state index contributed by atoms with van der Waals surface area (Å²) in [4.78, 5) is 73.2. The number of hydrogen-bond donors (Lipinski definition) is 3. The van der Waals surface area contributed by atoms with Gasteiger partial charge in [-0.25, -0.2) is 9.13 Å². The Kier molecular flexibility index (Phi) is 78.5. The molecular weight excluding hydrogens is 1470 g/mol. The second kappa shape index (κ2) is 83.8. The summed E-state index contributed by atoms with van der Waals surface area (Å²) in [6.07, 6.45) is 110. The minimum atomic E-state index is -5.04. The Hall–Kier alpha value is -7.14. The molecule has 0 aromatic rings. The van der Waals surface area contributed by atoms with E-state index in [0.29, 0.717) is 44.9 Å². The predicted octanol–water partition coefficient (Wildman–Crippen LogP) is 25.6. The number of aliphatic hydroxyl groups is 1. The molecule has 0 heterocycles. The molecule has 0 bridgehead atoms. The molecule has 0 aromatic heterocycles. The number of phosphoric ester groups is 2. The molecule has 0 aliphatic carbocycles. The molecule has 0 aliphatic heterocycles. The van der Waals surface area contributed by atoms with Gasteiger partial charge in [-0.3, -0.25) is 37.3 Å². The minimum Gasteiger partial charge on any atom is -0.462 e. The van der Waals surface area contributed by atoms with E-state index in [1.165, 1.54) is 38.5 Å². The molecule has 19 heteroatoms. The Morgan fingerprint density at radius 1 is 0.254 bits per heavy atom. The van der Waals surface area contributed by atoms with Gasteiger partial charge in [0, 0.05) is 25.7 Å². The number of carbonyl (C=O) groups is 4. The van der Waals surface area contributed by atoms with Gasteiger partial charge in [0.15, 0.2) is 12.2 Å². The van der Waals surface area contributed by atoms with Crippen molar-refractivity contribution in [3.8, 4) is 0 Å². The number of rotatable bonds is 76. The van der Waals surface area contributed by atoms with Crippen LogP contribution in [0.4, 0.5) is 0 Å². The van der Waals surface area contributed by atoms with Crippen molar-refractivity contribution in [2.75, 3.05) is 39.6 Å². The van der Waals surface area contributed by atoms with Crippen molar-refractivity contribution in [1.29, 1.82) is 0 Å². The second-order valence-corrected chi connectivity index (χ2v) is 29.8. The normalized spacial score (nSPS) is 15.0. The van der Waals surface area contributed by atoms with Gasteiger partial charge in [0.2, 0.25) is 0 Å². The highest BCUT2D eigenvalue weighted by molar-refractivity contribution is 7.47. The Labute approximate surface area is 688 Å². The lowest BCUT2D eigenvalue weighted by Gasteiger charge is -2.21. The molecule has 0 rings (SSSR count). The van der Waals surface area contributed by atoms with E-state index in [1.54, 1.807) is 0 Å².